The minimum atomic E-state index is -3.94. The molecule has 1 fully saturated rings. The molecule has 0 aromatic heterocycles. The van der Waals surface area contributed by atoms with Gasteiger partial charge in [-0.15, -0.1) is 0 Å². The third-order valence-corrected chi connectivity index (χ3v) is 4.87. The van der Waals surface area contributed by atoms with Crippen LogP contribution in [0.4, 0.5) is 5.69 Å². The zero-order chi connectivity index (χ0) is 16.9. The molecule has 1 saturated carbocycles. The predicted molar refractivity (Wildman–Crippen MR) is 84.3 cm³/mol. The monoisotopic (exact) mass is 340 g/mol. The van der Waals surface area contributed by atoms with E-state index < -0.39 is 15.9 Å². The van der Waals surface area contributed by atoms with Crippen LogP contribution in [0, 0.1) is 0 Å². The van der Waals surface area contributed by atoms with Gasteiger partial charge in [-0.3, -0.25) is 9.59 Å². The molecule has 0 spiro atoms. The second kappa shape index (κ2) is 7.56. The number of hydrogen-bond acceptors (Lipinski definition) is 5. The van der Waals surface area contributed by atoms with Crippen LogP contribution in [0.3, 0.4) is 0 Å². The van der Waals surface area contributed by atoms with Gasteiger partial charge < -0.3 is 10.1 Å². The number of sulfonamides is 1. The van der Waals surface area contributed by atoms with Crippen molar-refractivity contribution in [3.63, 3.8) is 0 Å². The highest BCUT2D eigenvalue weighted by Crippen LogP contribution is 2.20. The molecule has 1 aromatic rings. The van der Waals surface area contributed by atoms with E-state index in [1.165, 1.54) is 31.2 Å². The van der Waals surface area contributed by atoms with Crippen LogP contribution in [-0.4, -0.2) is 32.9 Å². The molecule has 0 bridgehead atoms. The summed E-state index contributed by atoms with van der Waals surface area (Å²) in [5.41, 5.74) is 0.479. The Kier molecular flexibility index (Phi) is 5.73. The number of hydrogen-bond donors (Lipinski definition) is 2. The Labute approximate surface area is 135 Å². The van der Waals surface area contributed by atoms with Crippen LogP contribution in [0.1, 0.15) is 32.6 Å². The van der Waals surface area contributed by atoms with Crippen molar-refractivity contribution in [1.29, 1.82) is 0 Å². The van der Waals surface area contributed by atoms with Crippen molar-refractivity contribution in [2.75, 3.05) is 11.9 Å². The van der Waals surface area contributed by atoms with E-state index in [1.807, 2.05) is 4.72 Å². The van der Waals surface area contributed by atoms with Crippen LogP contribution in [-0.2, 0) is 24.3 Å². The average molecular weight is 340 g/mol. The second-order valence-corrected chi connectivity index (χ2v) is 7.13. The number of benzene rings is 1. The number of nitrogens with one attached hydrogen (secondary N) is 2. The first-order chi connectivity index (χ1) is 10.9. The van der Waals surface area contributed by atoms with E-state index in [0.717, 1.165) is 25.7 Å². The van der Waals surface area contributed by atoms with Crippen LogP contribution in [0.5, 0.6) is 0 Å². The first-order valence-electron chi connectivity index (χ1n) is 7.42. The molecular weight excluding hydrogens is 320 g/mol. The molecule has 2 amide bonds. The summed E-state index contributed by atoms with van der Waals surface area (Å²) in [4.78, 5) is 22.6. The molecule has 0 radical (unpaired) electrons. The number of carbonyl (C=O) groups is 2. The van der Waals surface area contributed by atoms with E-state index in [2.05, 4.69) is 5.32 Å². The van der Waals surface area contributed by atoms with Crippen molar-refractivity contribution in [3.05, 3.63) is 24.3 Å². The first kappa shape index (κ1) is 17.4. The minimum absolute atomic E-state index is 0.0420. The average Bonchev–Trinajstić information content (AvgIpc) is 2.98. The molecule has 0 atom stereocenters. The van der Waals surface area contributed by atoms with Crippen molar-refractivity contribution in [2.24, 2.45) is 0 Å². The summed E-state index contributed by atoms with van der Waals surface area (Å²) in [6.07, 6.45) is 4.01. The van der Waals surface area contributed by atoms with Gasteiger partial charge >= 0.3 is 0 Å². The van der Waals surface area contributed by atoms with Crippen molar-refractivity contribution in [1.82, 2.24) is 4.72 Å². The van der Waals surface area contributed by atoms with Gasteiger partial charge in [0.05, 0.1) is 11.0 Å². The Morgan fingerprint density at radius 2 is 1.78 bits per heavy atom. The van der Waals surface area contributed by atoms with Gasteiger partial charge in [0.25, 0.3) is 15.9 Å². The van der Waals surface area contributed by atoms with Crippen LogP contribution >= 0.6 is 0 Å². The lowest BCUT2D eigenvalue weighted by Gasteiger charge is -2.11. The summed E-state index contributed by atoms with van der Waals surface area (Å²) in [5.74, 6) is -0.944. The molecule has 8 heteroatoms. The lowest BCUT2D eigenvalue weighted by atomic mass is 10.3. The van der Waals surface area contributed by atoms with Gasteiger partial charge in [-0.1, -0.05) is 12.8 Å². The molecule has 23 heavy (non-hydrogen) atoms. The lowest BCUT2D eigenvalue weighted by molar-refractivity contribution is -0.125. The second-order valence-electron chi connectivity index (χ2n) is 5.45. The number of amides is 2. The third-order valence-electron chi connectivity index (χ3n) is 3.49. The minimum Gasteiger partial charge on any atom is -0.368 e. The topological polar surface area (TPSA) is 102 Å². The zero-order valence-corrected chi connectivity index (χ0v) is 13.7. The predicted octanol–water partition coefficient (Wildman–Crippen LogP) is 1.41. The normalized spacial score (nSPS) is 15.3. The van der Waals surface area contributed by atoms with Crippen LogP contribution in [0.2, 0.25) is 0 Å². The Bertz CT molecular complexity index is 664. The Morgan fingerprint density at radius 3 is 2.35 bits per heavy atom. The van der Waals surface area contributed by atoms with Crippen LogP contribution < -0.4 is 10.0 Å². The molecule has 0 aliphatic heterocycles. The largest absolute Gasteiger partial charge is 0.368 e. The molecule has 2 N–H and O–H groups in total. The van der Waals surface area contributed by atoms with E-state index in [9.17, 15) is 18.0 Å². The van der Waals surface area contributed by atoms with Crippen LogP contribution in [0.25, 0.3) is 0 Å². The fraction of sp³-hybridized carbons (Fsp3) is 0.467. The zero-order valence-electron chi connectivity index (χ0n) is 12.9. The SMILES string of the molecule is CC(=O)Nc1ccc(S(=O)(=O)NC(=O)COC2CCCC2)cc1. The summed E-state index contributed by atoms with van der Waals surface area (Å²) < 4.78 is 31.6. The molecule has 7 nitrogen and oxygen atoms in total. The van der Waals surface area contributed by atoms with Gasteiger partial charge in [-0.25, -0.2) is 13.1 Å². The summed E-state index contributed by atoms with van der Waals surface area (Å²) in [6, 6.07) is 5.54. The van der Waals surface area contributed by atoms with Crippen molar-refractivity contribution >= 4 is 27.5 Å². The summed E-state index contributed by atoms with van der Waals surface area (Å²) in [7, 11) is -3.94. The molecule has 1 aliphatic carbocycles. The molecule has 1 aromatic carbocycles. The number of ether oxygens (including phenoxy) is 1. The highest BCUT2D eigenvalue weighted by Gasteiger charge is 2.20. The van der Waals surface area contributed by atoms with Crippen molar-refractivity contribution < 1.29 is 22.7 Å². The summed E-state index contributed by atoms with van der Waals surface area (Å²) >= 11 is 0. The number of carbonyl (C=O) groups excluding carboxylic acids is 2. The Morgan fingerprint density at radius 1 is 1.17 bits per heavy atom. The van der Waals surface area contributed by atoms with Gasteiger partial charge in [0.15, 0.2) is 0 Å². The Balaban J connectivity index is 1.91. The first-order valence-corrected chi connectivity index (χ1v) is 8.90. The van der Waals surface area contributed by atoms with Gasteiger partial charge in [0.1, 0.15) is 6.61 Å². The fourth-order valence-electron chi connectivity index (χ4n) is 2.41. The van der Waals surface area contributed by atoms with E-state index in [4.69, 9.17) is 4.74 Å². The highest BCUT2D eigenvalue weighted by atomic mass is 32.2. The Hall–Kier alpha value is -1.93. The van der Waals surface area contributed by atoms with Crippen LogP contribution in [0.15, 0.2) is 29.2 Å². The number of rotatable bonds is 6. The molecule has 0 unspecified atom stereocenters. The highest BCUT2D eigenvalue weighted by molar-refractivity contribution is 7.90. The summed E-state index contributed by atoms with van der Waals surface area (Å²) in [6.45, 7) is 1.09. The maximum Gasteiger partial charge on any atom is 0.264 e. The maximum absolute atomic E-state index is 12.1. The summed E-state index contributed by atoms with van der Waals surface area (Å²) in [5, 5.41) is 2.53. The van der Waals surface area contributed by atoms with Crippen molar-refractivity contribution in [2.45, 2.75) is 43.6 Å². The lowest BCUT2D eigenvalue weighted by Crippen LogP contribution is -2.34. The smallest absolute Gasteiger partial charge is 0.264 e. The van der Waals surface area contributed by atoms with Crippen molar-refractivity contribution in [3.8, 4) is 0 Å². The van der Waals surface area contributed by atoms with Gasteiger partial charge in [0, 0.05) is 12.6 Å². The molecular formula is C15H20N2O5S. The number of anilines is 1. The van der Waals surface area contributed by atoms with E-state index in [-0.39, 0.29) is 23.5 Å². The maximum atomic E-state index is 12.1. The van der Waals surface area contributed by atoms with E-state index in [0.29, 0.717) is 5.69 Å². The van der Waals surface area contributed by atoms with Gasteiger partial charge in [-0.05, 0) is 37.1 Å². The molecule has 126 valence electrons. The standard InChI is InChI=1S/C15H20N2O5S/c1-11(18)16-12-6-8-14(9-7-12)23(20,21)17-15(19)10-22-13-4-2-3-5-13/h6-9,13H,2-5,10H2,1H3,(H,16,18)(H,17,19). The molecule has 0 saturated heterocycles. The van der Waals surface area contributed by atoms with E-state index in [1.54, 1.807) is 0 Å². The molecule has 2 rings (SSSR count). The van der Waals surface area contributed by atoms with Gasteiger partial charge in [-0.2, -0.15) is 0 Å². The molecule has 1 aliphatic rings. The fourth-order valence-corrected chi connectivity index (χ4v) is 3.38. The molecule has 0 heterocycles. The van der Waals surface area contributed by atoms with Gasteiger partial charge in [0.2, 0.25) is 5.91 Å². The third kappa shape index (κ3) is 5.33. The quantitative estimate of drug-likeness (QED) is 0.815. The van der Waals surface area contributed by atoms with E-state index >= 15 is 0 Å².